The van der Waals surface area contributed by atoms with E-state index in [0.29, 0.717) is 11.3 Å². The fraction of sp³-hybridized carbons (Fsp3) is 0. The first-order valence-electron chi connectivity index (χ1n) is 3.99. The number of halogens is 1. The lowest BCUT2D eigenvalue weighted by Crippen LogP contribution is -2.00. The summed E-state index contributed by atoms with van der Waals surface area (Å²) in [4.78, 5) is 10.6. The Bertz CT molecular complexity index is 499. The zero-order chi connectivity index (χ0) is 10.8. The Labute approximate surface area is 88.3 Å². The summed E-state index contributed by atoms with van der Waals surface area (Å²) in [6, 6.07) is 3.86. The van der Waals surface area contributed by atoms with Crippen LogP contribution < -0.4 is 0 Å². The van der Waals surface area contributed by atoms with E-state index in [2.05, 4.69) is 8.75 Å². The molecule has 2 aromatic rings. The summed E-state index contributed by atoms with van der Waals surface area (Å²) in [6.45, 7) is 0. The molecular formula is C9H5FN2O2S. The largest absolute Gasteiger partial charge is 0.478 e. The minimum atomic E-state index is -1.28. The maximum absolute atomic E-state index is 13.3. The Kier molecular flexibility index (Phi) is 2.42. The second-order valence-electron chi connectivity index (χ2n) is 2.79. The first-order chi connectivity index (χ1) is 7.18. The molecule has 0 saturated heterocycles. The summed E-state index contributed by atoms with van der Waals surface area (Å²) in [6.07, 6.45) is 1.50. The second-order valence-corrected chi connectivity index (χ2v) is 3.35. The fourth-order valence-corrected chi connectivity index (χ4v) is 1.57. The molecule has 0 fully saturated rings. The van der Waals surface area contributed by atoms with E-state index in [4.69, 9.17) is 5.11 Å². The molecule has 2 rings (SSSR count). The molecule has 0 spiro atoms. The average molecular weight is 224 g/mol. The van der Waals surface area contributed by atoms with Gasteiger partial charge in [-0.1, -0.05) is 6.07 Å². The monoisotopic (exact) mass is 224 g/mol. The summed E-state index contributed by atoms with van der Waals surface area (Å²) in [5.41, 5.74) is 0.712. The van der Waals surface area contributed by atoms with Crippen LogP contribution in [0.25, 0.3) is 11.3 Å². The minimum absolute atomic E-state index is 0.345. The number of hydrogen-bond donors (Lipinski definition) is 1. The van der Waals surface area contributed by atoms with Crippen molar-refractivity contribution in [1.82, 2.24) is 8.75 Å². The number of carboxylic acid groups (broad SMARTS) is 1. The zero-order valence-electron chi connectivity index (χ0n) is 7.35. The lowest BCUT2D eigenvalue weighted by atomic mass is 10.1. The molecule has 0 amide bonds. The second kappa shape index (κ2) is 3.74. The Balaban J connectivity index is 2.47. The van der Waals surface area contributed by atoms with E-state index >= 15 is 0 Å². The molecule has 1 heterocycles. The van der Waals surface area contributed by atoms with Gasteiger partial charge in [0.25, 0.3) is 0 Å². The van der Waals surface area contributed by atoms with Gasteiger partial charge in [0.05, 0.1) is 23.5 Å². The fourth-order valence-electron chi connectivity index (χ4n) is 1.14. The molecule has 0 unspecified atom stereocenters. The highest BCUT2D eigenvalue weighted by Gasteiger charge is 2.11. The molecule has 0 aliphatic heterocycles. The van der Waals surface area contributed by atoms with E-state index < -0.39 is 11.8 Å². The lowest BCUT2D eigenvalue weighted by molar-refractivity contribution is 0.0692. The van der Waals surface area contributed by atoms with Gasteiger partial charge in [-0.25, -0.2) is 9.18 Å². The SMILES string of the molecule is O=C(O)c1ccc(-c2cnsn2)cc1F. The predicted molar refractivity (Wildman–Crippen MR) is 52.3 cm³/mol. The molecule has 0 saturated carbocycles. The van der Waals surface area contributed by atoms with Gasteiger partial charge < -0.3 is 5.11 Å². The van der Waals surface area contributed by atoms with Crippen molar-refractivity contribution in [3.05, 3.63) is 35.8 Å². The minimum Gasteiger partial charge on any atom is -0.478 e. The Morgan fingerprint density at radius 1 is 1.47 bits per heavy atom. The van der Waals surface area contributed by atoms with Crippen molar-refractivity contribution < 1.29 is 14.3 Å². The summed E-state index contributed by atoms with van der Waals surface area (Å²) in [5.74, 6) is -2.05. The van der Waals surface area contributed by atoms with E-state index in [9.17, 15) is 9.18 Å². The Hall–Kier alpha value is -1.82. The molecule has 1 aromatic heterocycles. The predicted octanol–water partition coefficient (Wildman–Crippen LogP) is 2.04. The van der Waals surface area contributed by atoms with Crippen molar-refractivity contribution >= 4 is 17.7 Å². The third-order valence-electron chi connectivity index (χ3n) is 1.86. The molecule has 76 valence electrons. The molecule has 0 aliphatic rings. The van der Waals surface area contributed by atoms with Crippen molar-refractivity contribution in [1.29, 1.82) is 0 Å². The molecule has 6 heteroatoms. The molecule has 0 aliphatic carbocycles. The van der Waals surface area contributed by atoms with Crippen LogP contribution >= 0.6 is 11.7 Å². The lowest BCUT2D eigenvalue weighted by Gasteiger charge is -1.99. The van der Waals surface area contributed by atoms with Gasteiger partial charge >= 0.3 is 5.97 Å². The Morgan fingerprint density at radius 3 is 2.80 bits per heavy atom. The van der Waals surface area contributed by atoms with Gasteiger partial charge in [-0.2, -0.15) is 8.75 Å². The maximum atomic E-state index is 13.3. The quantitative estimate of drug-likeness (QED) is 0.847. The first-order valence-corrected chi connectivity index (χ1v) is 4.72. The van der Waals surface area contributed by atoms with Crippen LogP contribution in [0.1, 0.15) is 10.4 Å². The molecular weight excluding hydrogens is 219 g/mol. The van der Waals surface area contributed by atoms with Crippen LogP contribution in [0, 0.1) is 5.82 Å². The Morgan fingerprint density at radius 2 is 2.27 bits per heavy atom. The average Bonchev–Trinajstić information content (AvgIpc) is 2.69. The first kappa shape index (κ1) is 9.72. The summed E-state index contributed by atoms with van der Waals surface area (Å²) in [5, 5.41) is 8.62. The molecule has 0 bridgehead atoms. The van der Waals surface area contributed by atoms with Crippen molar-refractivity contribution in [2.45, 2.75) is 0 Å². The highest BCUT2D eigenvalue weighted by Crippen LogP contribution is 2.20. The van der Waals surface area contributed by atoms with E-state index in [1.807, 2.05) is 0 Å². The van der Waals surface area contributed by atoms with Crippen molar-refractivity contribution in [3.63, 3.8) is 0 Å². The number of aromatic carboxylic acids is 1. The van der Waals surface area contributed by atoms with Gasteiger partial charge in [0.1, 0.15) is 11.5 Å². The van der Waals surface area contributed by atoms with Crippen LogP contribution in [0.3, 0.4) is 0 Å². The molecule has 1 aromatic carbocycles. The summed E-state index contributed by atoms with van der Waals surface area (Å²) >= 11 is 1.01. The topological polar surface area (TPSA) is 63.1 Å². The van der Waals surface area contributed by atoms with Crippen molar-refractivity contribution in [2.24, 2.45) is 0 Å². The van der Waals surface area contributed by atoms with Crippen LogP contribution in [0.2, 0.25) is 0 Å². The molecule has 4 nitrogen and oxygen atoms in total. The number of aromatic nitrogens is 2. The van der Waals surface area contributed by atoms with Crippen LogP contribution in [-0.4, -0.2) is 19.8 Å². The molecule has 15 heavy (non-hydrogen) atoms. The van der Waals surface area contributed by atoms with Gasteiger partial charge in [0.15, 0.2) is 0 Å². The van der Waals surface area contributed by atoms with Crippen LogP contribution in [0.4, 0.5) is 4.39 Å². The maximum Gasteiger partial charge on any atom is 0.338 e. The molecule has 1 N–H and O–H groups in total. The van der Waals surface area contributed by atoms with Crippen molar-refractivity contribution in [2.75, 3.05) is 0 Å². The van der Waals surface area contributed by atoms with Crippen molar-refractivity contribution in [3.8, 4) is 11.3 Å². The van der Waals surface area contributed by atoms with E-state index in [-0.39, 0.29) is 5.56 Å². The number of rotatable bonds is 2. The normalized spacial score (nSPS) is 10.2. The third kappa shape index (κ3) is 1.84. The number of benzene rings is 1. The standard InChI is InChI=1S/C9H5FN2O2S/c10-7-3-5(8-4-11-15-12-8)1-2-6(7)9(13)14/h1-4H,(H,13,14). The van der Waals surface area contributed by atoms with E-state index in [1.165, 1.54) is 18.3 Å². The van der Waals surface area contributed by atoms with Gasteiger partial charge in [-0.15, -0.1) is 0 Å². The molecule has 0 atom stereocenters. The summed E-state index contributed by atoms with van der Waals surface area (Å²) < 4.78 is 21.0. The zero-order valence-corrected chi connectivity index (χ0v) is 8.16. The third-order valence-corrected chi connectivity index (χ3v) is 2.33. The number of nitrogens with zero attached hydrogens (tertiary/aromatic N) is 2. The highest BCUT2D eigenvalue weighted by atomic mass is 32.1. The van der Waals surface area contributed by atoms with Gasteiger partial charge in [-0.05, 0) is 12.1 Å². The smallest absolute Gasteiger partial charge is 0.338 e. The van der Waals surface area contributed by atoms with Crippen LogP contribution in [0.5, 0.6) is 0 Å². The number of carboxylic acids is 1. The van der Waals surface area contributed by atoms with Crippen LogP contribution in [0.15, 0.2) is 24.4 Å². The summed E-state index contributed by atoms with van der Waals surface area (Å²) in [7, 11) is 0. The molecule has 0 radical (unpaired) electrons. The van der Waals surface area contributed by atoms with E-state index in [1.54, 1.807) is 0 Å². The van der Waals surface area contributed by atoms with E-state index in [0.717, 1.165) is 17.8 Å². The van der Waals surface area contributed by atoms with Gasteiger partial charge in [-0.3, -0.25) is 0 Å². The van der Waals surface area contributed by atoms with Gasteiger partial charge in [0, 0.05) is 5.56 Å². The van der Waals surface area contributed by atoms with Crippen LogP contribution in [-0.2, 0) is 0 Å². The number of carbonyl (C=O) groups is 1. The van der Waals surface area contributed by atoms with Gasteiger partial charge in [0.2, 0.25) is 0 Å². The number of hydrogen-bond acceptors (Lipinski definition) is 4. The highest BCUT2D eigenvalue weighted by molar-refractivity contribution is 6.99.